The molecule has 0 spiro atoms. The maximum Gasteiger partial charge on any atom is 0.343 e. The number of rotatable bonds is 8. The molecule has 1 amide bonds. The van der Waals surface area contributed by atoms with Gasteiger partial charge in [0.2, 0.25) is 0 Å². The van der Waals surface area contributed by atoms with E-state index in [1.54, 1.807) is 84.9 Å². The highest BCUT2D eigenvalue weighted by Crippen LogP contribution is 2.17. The fraction of sp³-hybridized carbons (Fsp3) is 0.0357. The van der Waals surface area contributed by atoms with Gasteiger partial charge in [0.25, 0.3) is 5.91 Å². The van der Waals surface area contributed by atoms with Crippen LogP contribution in [-0.4, -0.2) is 18.1 Å². The molecule has 8 heteroatoms. The number of esters is 1. The van der Waals surface area contributed by atoms with E-state index in [1.165, 1.54) is 6.21 Å². The van der Waals surface area contributed by atoms with Crippen molar-refractivity contribution < 1.29 is 19.1 Å². The summed E-state index contributed by atoms with van der Waals surface area (Å²) >= 11 is 11.7. The van der Waals surface area contributed by atoms with Gasteiger partial charge in [0.15, 0.2) is 0 Å². The first-order valence-electron chi connectivity index (χ1n) is 10.8. The Kier molecular flexibility index (Phi) is 8.34. The monoisotopic (exact) mass is 518 g/mol. The second-order valence-corrected chi connectivity index (χ2v) is 8.48. The van der Waals surface area contributed by atoms with Gasteiger partial charge in [-0.15, -0.1) is 0 Å². The van der Waals surface area contributed by atoms with E-state index in [0.29, 0.717) is 44.8 Å². The first-order valence-corrected chi connectivity index (χ1v) is 11.6. The van der Waals surface area contributed by atoms with Gasteiger partial charge in [-0.3, -0.25) is 4.79 Å². The van der Waals surface area contributed by atoms with Crippen LogP contribution in [0.3, 0.4) is 0 Å². The Hall–Kier alpha value is -4.13. The smallest absolute Gasteiger partial charge is 0.343 e. The molecule has 0 unspecified atom stereocenters. The van der Waals surface area contributed by atoms with E-state index in [4.69, 9.17) is 32.7 Å². The predicted molar refractivity (Wildman–Crippen MR) is 140 cm³/mol. The minimum Gasteiger partial charge on any atom is -0.489 e. The fourth-order valence-electron chi connectivity index (χ4n) is 3.09. The molecule has 0 aliphatic heterocycles. The molecule has 0 heterocycles. The number of carbonyl (C=O) groups is 2. The lowest BCUT2D eigenvalue weighted by Crippen LogP contribution is -2.17. The van der Waals surface area contributed by atoms with Gasteiger partial charge in [0.1, 0.15) is 18.1 Å². The number of nitrogens with one attached hydrogen (secondary N) is 1. The Labute approximate surface area is 218 Å². The molecule has 0 aliphatic carbocycles. The zero-order valence-corrected chi connectivity index (χ0v) is 20.4. The third kappa shape index (κ3) is 7.18. The average molecular weight is 519 g/mol. The van der Waals surface area contributed by atoms with Gasteiger partial charge >= 0.3 is 5.97 Å². The van der Waals surface area contributed by atoms with Crippen molar-refractivity contribution in [1.29, 1.82) is 0 Å². The summed E-state index contributed by atoms with van der Waals surface area (Å²) in [4.78, 5) is 24.7. The first kappa shape index (κ1) is 25.0. The third-order valence-corrected chi connectivity index (χ3v) is 5.47. The van der Waals surface area contributed by atoms with Crippen LogP contribution in [-0.2, 0) is 6.61 Å². The summed E-state index contributed by atoms with van der Waals surface area (Å²) in [5.41, 5.74) is 4.91. The standard InChI is InChI=1S/C28H20Cl2N2O4/c29-23-10-4-19(5-11-23)18-35-25-14-8-21(9-15-25)27(33)32-31-17-20-2-1-3-26(16-20)36-28(34)22-6-12-24(30)13-7-22/h1-17H,18H2,(H,32,33)/b31-17-. The fourth-order valence-corrected chi connectivity index (χ4v) is 3.34. The number of hydrogen-bond acceptors (Lipinski definition) is 5. The lowest BCUT2D eigenvalue weighted by atomic mass is 10.2. The summed E-state index contributed by atoms with van der Waals surface area (Å²) in [6.45, 7) is 0.390. The Morgan fingerprint density at radius 1 is 0.778 bits per heavy atom. The van der Waals surface area contributed by atoms with Gasteiger partial charge in [0.05, 0.1) is 11.8 Å². The molecule has 1 N–H and O–H groups in total. The molecule has 36 heavy (non-hydrogen) atoms. The van der Waals surface area contributed by atoms with Crippen LogP contribution >= 0.6 is 23.2 Å². The van der Waals surface area contributed by atoms with E-state index in [9.17, 15) is 9.59 Å². The summed E-state index contributed by atoms with van der Waals surface area (Å²) < 4.78 is 11.1. The Balaban J connectivity index is 1.29. The van der Waals surface area contributed by atoms with Crippen molar-refractivity contribution in [2.24, 2.45) is 5.10 Å². The number of carbonyl (C=O) groups excluding carboxylic acids is 2. The van der Waals surface area contributed by atoms with Gasteiger partial charge in [-0.25, -0.2) is 10.2 Å². The molecule has 6 nitrogen and oxygen atoms in total. The number of hydrazone groups is 1. The van der Waals surface area contributed by atoms with Gasteiger partial charge in [0, 0.05) is 15.6 Å². The van der Waals surface area contributed by atoms with Crippen molar-refractivity contribution in [1.82, 2.24) is 5.43 Å². The normalized spacial score (nSPS) is 10.7. The Morgan fingerprint density at radius 3 is 2.11 bits per heavy atom. The van der Waals surface area contributed by atoms with Crippen molar-refractivity contribution in [2.45, 2.75) is 6.61 Å². The number of hydrogen-bond donors (Lipinski definition) is 1. The number of nitrogens with zero attached hydrogens (tertiary/aromatic N) is 1. The molecular formula is C28H20Cl2N2O4. The highest BCUT2D eigenvalue weighted by molar-refractivity contribution is 6.30. The molecular weight excluding hydrogens is 499 g/mol. The highest BCUT2D eigenvalue weighted by Gasteiger charge is 2.09. The summed E-state index contributed by atoms with van der Waals surface area (Å²) in [5.74, 6) is 0.102. The second kappa shape index (κ2) is 12.0. The molecule has 0 saturated heterocycles. The van der Waals surface area contributed by atoms with Crippen molar-refractivity contribution in [3.63, 3.8) is 0 Å². The van der Waals surface area contributed by atoms with E-state index in [-0.39, 0.29) is 5.91 Å². The number of amides is 1. The van der Waals surface area contributed by atoms with Crippen molar-refractivity contribution >= 4 is 41.3 Å². The lowest BCUT2D eigenvalue weighted by molar-refractivity contribution is 0.0734. The molecule has 0 atom stereocenters. The number of ether oxygens (including phenoxy) is 2. The summed E-state index contributed by atoms with van der Waals surface area (Å²) in [6, 6.07) is 27.3. The maximum atomic E-state index is 12.4. The first-order chi connectivity index (χ1) is 17.5. The molecule has 0 bridgehead atoms. The van der Waals surface area contributed by atoms with Crippen LogP contribution in [0.4, 0.5) is 0 Å². The predicted octanol–water partition coefficient (Wildman–Crippen LogP) is 6.56. The van der Waals surface area contributed by atoms with E-state index in [0.717, 1.165) is 5.56 Å². The zero-order valence-electron chi connectivity index (χ0n) is 18.9. The molecule has 4 aromatic rings. The van der Waals surface area contributed by atoms with Gasteiger partial charge < -0.3 is 9.47 Å². The Bertz CT molecular complexity index is 1370. The lowest BCUT2D eigenvalue weighted by Gasteiger charge is -2.07. The summed E-state index contributed by atoms with van der Waals surface area (Å²) in [7, 11) is 0. The van der Waals surface area contributed by atoms with E-state index >= 15 is 0 Å². The topological polar surface area (TPSA) is 77.0 Å². The molecule has 0 aliphatic rings. The van der Waals surface area contributed by atoms with Crippen LogP contribution in [0.2, 0.25) is 10.0 Å². The molecule has 4 rings (SSSR count). The van der Waals surface area contributed by atoms with Crippen molar-refractivity contribution in [3.8, 4) is 11.5 Å². The molecule has 0 aromatic heterocycles. The highest BCUT2D eigenvalue weighted by atomic mass is 35.5. The van der Waals surface area contributed by atoms with Crippen LogP contribution < -0.4 is 14.9 Å². The van der Waals surface area contributed by atoms with E-state index in [1.807, 2.05) is 12.1 Å². The number of benzene rings is 4. The van der Waals surface area contributed by atoms with Crippen LogP contribution in [0.15, 0.2) is 102 Å². The molecule has 0 fully saturated rings. The average Bonchev–Trinajstić information content (AvgIpc) is 2.89. The largest absolute Gasteiger partial charge is 0.489 e. The van der Waals surface area contributed by atoms with Crippen LogP contribution in [0.5, 0.6) is 11.5 Å². The minimum atomic E-state index is -0.505. The minimum absolute atomic E-state index is 0.347. The van der Waals surface area contributed by atoms with Crippen LogP contribution in [0.25, 0.3) is 0 Å². The number of halogens is 2. The molecule has 0 saturated carbocycles. The molecule has 4 aromatic carbocycles. The van der Waals surface area contributed by atoms with Crippen molar-refractivity contribution in [2.75, 3.05) is 0 Å². The van der Waals surface area contributed by atoms with E-state index in [2.05, 4.69) is 10.5 Å². The van der Waals surface area contributed by atoms with Crippen LogP contribution in [0.1, 0.15) is 31.8 Å². The molecule has 0 radical (unpaired) electrons. The van der Waals surface area contributed by atoms with Crippen molar-refractivity contribution in [3.05, 3.63) is 129 Å². The summed E-state index contributed by atoms with van der Waals surface area (Å²) in [6.07, 6.45) is 1.46. The summed E-state index contributed by atoms with van der Waals surface area (Å²) in [5, 5.41) is 5.19. The van der Waals surface area contributed by atoms with Gasteiger partial charge in [-0.2, -0.15) is 5.10 Å². The maximum absolute atomic E-state index is 12.4. The van der Waals surface area contributed by atoms with Gasteiger partial charge in [-0.1, -0.05) is 47.5 Å². The second-order valence-electron chi connectivity index (χ2n) is 7.61. The molecule has 180 valence electrons. The SMILES string of the molecule is O=C(N/N=C\c1cccc(OC(=O)c2ccc(Cl)cc2)c1)c1ccc(OCc2ccc(Cl)cc2)cc1. The quantitative estimate of drug-likeness (QED) is 0.124. The third-order valence-electron chi connectivity index (χ3n) is 4.96. The van der Waals surface area contributed by atoms with Gasteiger partial charge in [-0.05, 0) is 83.9 Å². The zero-order chi connectivity index (χ0) is 25.3. The van der Waals surface area contributed by atoms with Crippen LogP contribution in [0, 0.1) is 0 Å². The Morgan fingerprint density at radius 2 is 1.42 bits per heavy atom. The van der Waals surface area contributed by atoms with E-state index < -0.39 is 5.97 Å².